The maximum Gasteiger partial charge on any atom is 0.0594 e. The van der Waals surface area contributed by atoms with Gasteiger partial charge in [-0.1, -0.05) is 12.1 Å². The fraction of sp³-hybridized carbons (Fsp3) is 0.667. The van der Waals surface area contributed by atoms with Crippen molar-refractivity contribution in [1.29, 1.82) is 0 Å². The number of morpholine rings is 1. The van der Waals surface area contributed by atoms with Gasteiger partial charge in [0.25, 0.3) is 0 Å². The molecule has 0 amide bonds. The molecule has 2 aliphatic carbocycles. The summed E-state index contributed by atoms with van der Waals surface area (Å²) in [5.74, 6) is 1.90. The Hall–Kier alpha value is -1.06. The second kappa shape index (κ2) is 5.98. The third kappa shape index (κ3) is 3.58. The van der Waals surface area contributed by atoms with Crippen molar-refractivity contribution >= 4 is 5.69 Å². The highest BCUT2D eigenvalue weighted by molar-refractivity contribution is 5.46. The highest BCUT2D eigenvalue weighted by Gasteiger charge is 2.41. The van der Waals surface area contributed by atoms with Crippen molar-refractivity contribution in [2.75, 3.05) is 31.6 Å². The smallest absolute Gasteiger partial charge is 0.0594 e. The van der Waals surface area contributed by atoms with Crippen LogP contribution in [0.2, 0.25) is 0 Å². The Balaban J connectivity index is 1.34. The van der Waals surface area contributed by atoms with Gasteiger partial charge < -0.3 is 10.1 Å². The van der Waals surface area contributed by atoms with E-state index in [-0.39, 0.29) is 0 Å². The van der Waals surface area contributed by atoms with Crippen LogP contribution in [0.4, 0.5) is 5.69 Å². The standard InChI is InChI=1S/C18H26N2O/c1-7-17(19-18(15-3-4-15)16-5-6-16)8-2-14(1)13-20-9-11-21-12-10-20/h1-2,7-8,15-16,18-19H,3-6,9-13H2. The Morgan fingerprint density at radius 2 is 1.62 bits per heavy atom. The second-order valence-electron chi connectivity index (χ2n) is 6.93. The van der Waals surface area contributed by atoms with E-state index in [2.05, 4.69) is 34.5 Å². The van der Waals surface area contributed by atoms with Crippen LogP contribution in [0.25, 0.3) is 0 Å². The number of nitrogens with one attached hydrogen (secondary N) is 1. The lowest BCUT2D eigenvalue weighted by molar-refractivity contribution is 0.0342. The van der Waals surface area contributed by atoms with E-state index in [1.54, 1.807) is 0 Å². The zero-order chi connectivity index (χ0) is 14.1. The number of anilines is 1. The van der Waals surface area contributed by atoms with E-state index in [9.17, 15) is 0 Å². The van der Waals surface area contributed by atoms with Crippen LogP contribution in [0.1, 0.15) is 31.2 Å². The molecule has 4 rings (SSSR count). The zero-order valence-corrected chi connectivity index (χ0v) is 12.8. The lowest BCUT2D eigenvalue weighted by Crippen LogP contribution is -2.35. The first-order valence-electron chi connectivity index (χ1n) is 8.54. The van der Waals surface area contributed by atoms with Crippen LogP contribution in [-0.4, -0.2) is 37.2 Å². The third-order valence-electron chi connectivity index (χ3n) is 5.06. The Bertz CT molecular complexity index is 447. The summed E-state index contributed by atoms with van der Waals surface area (Å²) in [7, 11) is 0. The van der Waals surface area contributed by atoms with E-state index in [0.717, 1.165) is 50.7 Å². The number of rotatable bonds is 6. The van der Waals surface area contributed by atoms with Crippen molar-refractivity contribution in [3.05, 3.63) is 29.8 Å². The van der Waals surface area contributed by atoms with Crippen LogP contribution >= 0.6 is 0 Å². The Kier molecular flexibility index (Phi) is 3.87. The van der Waals surface area contributed by atoms with E-state index in [4.69, 9.17) is 4.74 Å². The third-order valence-corrected chi connectivity index (χ3v) is 5.06. The van der Waals surface area contributed by atoms with Gasteiger partial charge in [-0.25, -0.2) is 0 Å². The molecule has 1 aromatic carbocycles. The van der Waals surface area contributed by atoms with Crippen LogP contribution in [-0.2, 0) is 11.3 Å². The van der Waals surface area contributed by atoms with Crippen molar-refractivity contribution in [2.24, 2.45) is 11.8 Å². The van der Waals surface area contributed by atoms with E-state index in [1.165, 1.54) is 36.9 Å². The van der Waals surface area contributed by atoms with E-state index >= 15 is 0 Å². The lowest BCUT2D eigenvalue weighted by atomic mass is 10.1. The fourth-order valence-electron chi connectivity index (χ4n) is 3.45. The van der Waals surface area contributed by atoms with Crippen LogP contribution in [0.3, 0.4) is 0 Å². The Morgan fingerprint density at radius 1 is 1.00 bits per heavy atom. The second-order valence-corrected chi connectivity index (χ2v) is 6.93. The van der Waals surface area contributed by atoms with Crippen LogP contribution in [0.5, 0.6) is 0 Å². The molecule has 3 nitrogen and oxygen atoms in total. The van der Waals surface area contributed by atoms with Gasteiger partial charge in [-0.15, -0.1) is 0 Å². The first-order chi connectivity index (χ1) is 10.4. The fourth-order valence-corrected chi connectivity index (χ4v) is 3.45. The van der Waals surface area contributed by atoms with Gasteiger partial charge in [0.05, 0.1) is 13.2 Å². The molecule has 1 saturated heterocycles. The van der Waals surface area contributed by atoms with Crippen molar-refractivity contribution in [1.82, 2.24) is 4.90 Å². The number of hydrogen-bond donors (Lipinski definition) is 1. The Labute approximate surface area is 127 Å². The molecule has 0 radical (unpaired) electrons. The molecule has 114 valence electrons. The number of ether oxygens (including phenoxy) is 1. The highest BCUT2D eigenvalue weighted by Crippen LogP contribution is 2.45. The van der Waals surface area contributed by atoms with Crippen molar-refractivity contribution in [3.8, 4) is 0 Å². The minimum absolute atomic E-state index is 0.745. The molecule has 0 spiro atoms. The molecule has 0 aromatic heterocycles. The average Bonchev–Trinajstić information content (AvgIpc) is 3.40. The molecule has 0 bridgehead atoms. The van der Waals surface area contributed by atoms with Gasteiger partial charge >= 0.3 is 0 Å². The van der Waals surface area contributed by atoms with Crippen molar-refractivity contribution < 1.29 is 4.74 Å². The monoisotopic (exact) mass is 286 g/mol. The summed E-state index contributed by atoms with van der Waals surface area (Å²) in [5, 5.41) is 3.80. The first kappa shape index (κ1) is 13.6. The van der Waals surface area contributed by atoms with Gasteiger partial charge in [0, 0.05) is 31.4 Å². The molecule has 3 aliphatic rings. The minimum atomic E-state index is 0.745. The number of hydrogen-bond acceptors (Lipinski definition) is 3. The van der Waals surface area contributed by atoms with Crippen LogP contribution in [0.15, 0.2) is 24.3 Å². The summed E-state index contributed by atoms with van der Waals surface area (Å²) in [4.78, 5) is 2.48. The van der Waals surface area contributed by atoms with Crippen LogP contribution < -0.4 is 5.32 Å². The van der Waals surface area contributed by atoms with Gasteiger partial charge in [0.1, 0.15) is 0 Å². The van der Waals surface area contributed by atoms with Crippen LogP contribution in [0, 0.1) is 11.8 Å². The van der Waals surface area contributed by atoms with Gasteiger partial charge in [0.15, 0.2) is 0 Å². The van der Waals surface area contributed by atoms with Gasteiger partial charge in [-0.2, -0.15) is 0 Å². The summed E-state index contributed by atoms with van der Waals surface area (Å²) in [6.07, 6.45) is 5.74. The molecule has 0 unspecified atom stereocenters. The predicted octanol–water partition coefficient (Wildman–Crippen LogP) is 3.12. The molecule has 21 heavy (non-hydrogen) atoms. The van der Waals surface area contributed by atoms with Crippen molar-refractivity contribution in [2.45, 2.75) is 38.3 Å². The number of benzene rings is 1. The zero-order valence-electron chi connectivity index (χ0n) is 12.8. The summed E-state index contributed by atoms with van der Waals surface area (Å²) in [5.41, 5.74) is 2.72. The first-order valence-corrected chi connectivity index (χ1v) is 8.54. The molecule has 1 aliphatic heterocycles. The van der Waals surface area contributed by atoms with Gasteiger partial charge in [0.2, 0.25) is 0 Å². The number of nitrogens with zero attached hydrogens (tertiary/aromatic N) is 1. The maximum atomic E-state index is 5.41. The largest absolute Gasteiger partial charge is 0.382 e. The summed E-state index contributed by atoms with van der Waals surface area (Å²) in [6, 6.07) is 9.86. The van der Waals surface area contributed by atoms with E-state index in [0.29, 0.717) is 0 Å². The molecule has 1 N–H and O–H groups in total. The Morgan fingerprint density at radius 3 is 2.19 bits per heavy atom. The van der Waals surface area contributed by atoms with Gasteiger partial charge in [-0.05, 0) is 55.2 Å². The maximum absolute atomic E-state index is 5.41. The molecular weight excluding hydrogens is 260 g/mol. The van der Waals surface area contributed by atoms with Crippen molar-refractivity contribution in [3.63, 3.8) is 0 Å². The SMILES string of the molecule is c1cc(NC(C2CC2)C2CC2)ccc1CN1CCOCC1. The molecule has 0 atom stereocenters. The van der Waals surface area contributed by atoms with E-state index < -0.39 is 0 Å². The molecule has 1 heterocycles. The quantitative estimate of drug-likeness (QED) is 0.869. The molecule has 3 heteroatoms. The average molecular weight is 286 g/mol. The normalized spacial score (nSPS) is 23.5. The molecule has 2 saturated carbocycles. The van der Waals surface area contributed by atoms with Gasteiger partial charge in [-0.3, -0.25) is 4.90 Å². The van der Waals surface area contributed by atoms with E-state index in [1.807, 2.05) is 0 Å². The summed E-state index contributed by atoms with van der Waals surface area (Å²) < 4.78 is 5.41. The topological polar surface area (TPSA) is 24.5 Å². The molecule has 3 fully saturated rings. The predicted molar refractivity (Wildman–Crippen MR) is 85.4 cm³/mol. The molecular formula is C18H26N2O. The summed E-state index contributed by atoms with van der Waals surface area (Å²) >= 11 is 0. The minimum Gasteiger partial charge on any atom is -0.382 e. The molecule has 1 aromatic rings. The lowest BCUT2D eigenvalue weighted by Gasteiger charge is -2.26. The highest BCUT2D eigenvalue weighted by atomic mass is 16.5. The summed E-state index contributed by atoms with van der Waals surface area (Å²) in [6.45, 7) is 4.93.